The number of rotatable bonds is 7. The summed E-state index contributed by atoms with van der Waals surface area (Å²) in [5, 5.41) is 0. The van der Waals surface area contributed by atoms with Crippen LogP contribution in [0.5, 0.6) is 0 Å². The standard InChI is InChI=1S/C12H23F3N2O/c1-4-17(8-12(13,14)15)11(18)9(2)6-5-7-10(3)16/h9-10H,4-8,16H2,1-3H3. The van der Waals surface area contributed by atoms with Crippen LogP contribution < -0.4 is 5.73 Å². The van der Waals surface area contributed by atoms with Gasteiger partial charge in [0.15, 0.2) is 0 Å². The SMILES string of the molecule is CCN(CC(F)(F)F)C(=O)C(C)CCCC(C)N. The van der Waals surface area contributed by atoms with Crippen molar-refractivity contribution in [1.82, 2.24) is 4.90 Å². The Balaban J connectivity index is 4.23. The van der Waals surface area contributed by atoms with Crippen LogP contribution in [0.15, 0.2) is 0 Å². The molecule has 1 amide bonds. The molecule has 0 spiro atoms. The monoisotopic (exact) mass is 268 g/mol. The molecule has 0 aromatic carbocycles. The number of hydrogen-bond acceptors (Lipinski definition) is 2. The Hall–Kier alpha value is -0.780. The molecule has 2 atom stereocenters. The van der Waals surface area contributed by atoms with Gasteiger partial charge < -0.3 is 10.6 Å². The molecule has 0 bridgehead atoms. The fourth-order valence-electron chi connectivity index (χ4n) is 1.74. The fourth-order valence-corrected chi connectivity index (χ4v) is 1.74. The number of carbonyl (C=O) groups is 1. The van der Waals surface area contributed by atoms with Crippen molar-refractivity contribution in [2.24, 2.45) is 11.7 Å². The molecule has 108 valence electrons. The molecule has 0 saturated heterocycles. The summed E-state index contributed by atoms with van der Waals surface area (Å²) in [7, 11) is 0. The second-order valence-electron chi connectivity index (χ2n) is 4.78. The van der Waals surface area contributed by atoms with Gasteiger partial charge in [0.1, 0.15) is 6.54 Å². The highest BCUT2D eigenvalue weighted by atomic mass is 19.4. The number of carbonyl (C=O) groups excluding carboxylic acids is 1. The third-order valence-corrected chi connectivity index (χ3v) is 2.78. The Morgan fingerprint density at radius 1 is 1.28 bits per heavy atom. The van der Waals surface area contributed by atoms with Gasteiger partial charge in [-0.1, -0.05) is 13.3 Å². The molecule has 2 N–H and O–H groups in total. The maximum Gasteiger partial charge on any atom is 0.406 e. The smallest absolute Gasteiger partial charge is 0.334 e. The molecule has 0 aromatic rings. The Morgan fingerprint density at radius 3 is 2.22 bits per heavy atom. The van der Waals surface area contributed by atoms with Crippen LogP contribution in [-0.4, -0.2) is 36.1 Å². The van der Waals surface area contributed by atoms with E-state index in [4.69, 9.17) is 5.73 Å². The average molecular weight is 268 g/mol. The number of hydrogen-bond donors (Lipinski definition) is 1. The van der Waals surface area contributed by atoms with E-state index < -0.39 is 18.6 Å². The van der Waals surface area contributed by atoms with E-state index in [1.165, 1.54) is 0 Å². The van der Waals surface area contributed by atoms with Gasteiger partial charge in [0.2, 0.25) is 5.91 Å². The molecule has 0 fully saturated rings. The van der Waals surface area contributed by atoms with Crippen molar-refractivity contribution < 1.29 is 18.0 Å². The first-order chi connectivity index (χ1) is 8.17. The molecule has 0 rings (SSSR count). The molecule has 0 heterocycles. The van der Waals surface area contributed by atoms with Crippen LogP contribution >= 0.6 is 0 Å². The highest BCUT2D eigenvalue weighted by Gasteiger charge is 2.33. The van der Waals surface area contributed by atoms with Crippen LogP contribution in [0.25, 0.3) is 0 Å². The van der Waals surface area contributed by atoms with Crippen molar-refractivity contribution in [2.45, 2.75) is 52.3 Å². The second-order valence-corrected chi connectivity index (χ2v) is 4.78. The minimum absolute atomic E-state index is 0.0600. The van der Waals surface area contributed by atoms with Crippen molar-refractivity contribution in [3.05, 3.63) is 0 Å². The number of amides is 1. The number of nitrogens with two attached hydrogens (primary N) is 1. The zero-order chi connectivity index (χ0) is 14.3. The zero-order valence-electron chi connectivity index (χ0n) is 11.3. The highest BCUT2D eigenvalue weighted by Crippen LogP contribution is 2.19. The molecule has 0 radical (unpaired) electrons. The van der Waals surface area contributed by atoms with Gasteiger partial charge in [-0.15, -0.1) is 0 Å². The molecular weight excluding hydrogens is 245 g/mol. The largest absolute Gasteiger partial charge is 0.406 e. The van der Waals surface area contributed by atoms with Crippen molar-refractivity contribution in [3.63, 3.8) is 0 Å². The third kappa shape index (κ3) is 7.53. The summed E-state index contributed by atoms with van der Waals surface area (Å²) in [5.74, 6) is -0.814. The first kappa shape index (κ1) is 17.2. The second kappa shape index (κ2) is 7.61. The predicted molar refractivity (Wildman–Crippen MR) is 65.0 cm³/mol. The minimum Gasteiger partial charge on any atom is -0.334 e. The lowest BCUT2D eigenvalue weighted by atomic mass is 10.0. The molecule has 0 saturated carbocycles. The molecule has 0 aliphatic carbocycles. The maximum atomic E-state index is 12.3. The zero-order valence-corrected chi connectivity index (χ0v) is 11.3. The summed E-state index contributed by atoms with van der Waals surface area (Å²) in [6, 6.07) is 0.0600. The quantitative estimate of drug-likeness (QED) is 0.771. The topological polar surface area (TPSA) is 46.3 Å². The average Bonchev–Trinajstić information content (AvgIpc) is 2.23. The van der Waals surface area contributed by atoms with Crippen LogP contribution in [0.1, 0.15) is 40.0 Å². The first-order valence-electron chi connectivity index (χ1n) is 6.28. The van der Waals surface area contributed by atoms with Gasteiger partial charge >= 0.3 is 6.18 Å². The number of halogens is 3. The van der Waals surface area contributed by atoms with Crippen molar-refractivity contribution in [3.8, 4) is 0 Å². The van der Waals surface area contributed by atoms with Crippen LogP contribution in [0, 0.1) is 5.92 Å². The molecule has 0 aliphatic heterocycles. The highest BCUT2D eigenvalue weighted by molar-refractivity contribution is 5.78. The third-order valence-electron chi connectivity index (χ3n) is 2.78. The molecule has 6 heteroatoms. The van der Waals surface area contributed by atoms with Gasteiger partial charge in [0.25, 0.3) is 0 Å². The summed E-state index contributed by atoms with van der Waals surface area (Å²) < 4.78 is 36.8. The van der Waals surface area contributed by atoms with E-state index in [-0.39, 0.29) is 18.5 Å². The molecule has 0 aliphatic rings. The summed E-state index contributed by atoms with van der Waals surface area (Å²) >= 11 is 0. The lowest BCUT2D eigenvalue weighted by Gasteiger charge is -2.25. The van der Waals surface area contributed by atoms with E-state index in [0.717, 1.165) is 17.7 Å². The number of alkyl halides is 3. The minimum atomic E-state index is -4.34. The maximum absolute atomic E-state index is 12.3. The van der Waals surface area contributed by atoms with Crippen LogP contribution in [-0.2, 0) is 4.79 Å². The lowest BCUT2D eigenvalue weighted by molar-refractivity contribution is -0.163. The van der Waals surface area contributed by atoms with Gasteiger partial charge in [-0.25, -0.2) is 0 Å². The normalized spacial score (nSPS) is 15.3. The van der Waals surface area contributed by atoms with Crippen molar-refractivity contribution in [2.75, 3.05) is 13.1 Å². The van der Waals surface area contributed by atoms with Crippen LogP contribution in [0.2, 0.25) is 0 Å². The van der Waals surface area contributed by atoms with E-state index in [1.807, 2.05) is 6.92 Å². The Kier molecular flexibility index (Phi) is 7.28. The Bertz CT molecular complexity index is 254. The van der Waals surface area contributed by atoms with Gasteiger partial charge in [-0.3, -0.25) is 4.79 Å². The van der Waals surface area contributed by atoms with E-state index in [0.29, 0.717) is 6.42 Å². The van der Waals surface area contributed by atoms with Gasteiger partial charge in [-0.2, -0.15) is 13.2 Å². The summed E-state index contributed by atoms with van der Waals surface area (Å²) in [6.07, 6.45) is -2.22. The van der Waals surface area contributed by atoms with E-state index in [9.17, 15) is 18.0 Å². The van der Waals surface area contributed by atoms with E-state index in [1.54, 1.807) is 13.8 Å². The molecule has 18 heavy (non-hydrogen) atoms. The fraction of sp³-hybridized carbons (Fsp3) is 0.917. The first-order valence-corrected chi connectivity index (χ1v) is 6.28. The predicted octanol–water partition coefficient (Wildman–Crippen LogP) is 2.55. The summed E-state index contributed by atoms with van der Waals surface area (Å²) in [5.41, 5.74) is 5.58. The van der Waals surface area contributed by atoms with Crippen LogP contribution in [0.4, 0.5) is 13.2 Å². The number of nitrogens with zero attached hydrogens (tertiary/aromatic N) is 1. The van der Waals surface area contributed by atoms with Crippen molar-refractivity contribution in [1.29, 1.82) is 0 Å². The Labute approximate surface area is 107 Å². The molecule has 2 unspecified atom stereocenters. The van der Waals surface area contributed by atoms with Gasteiger partial charge in [-0.05, 0) is 26.7 Å². The molecule has 0 aromatic heterocycles. The van der Waals surface area contributed by atoms with E-state index in [2.05, 4.69) is 0 Å². The molecule has 3 nitrogen and oxygen atoms in total. The van der Waals surface area contributed by atoms with Gasteiger partial charge in [0.05, 0.1) is 0 Å². The molecular formula is C12H23F3N2O. The summed E-state index contributed by atoms with van der Waals surface area (Å²) in [4.78, 5) is 12.7. The van der Waals surface area contributed by atoms with Crippen molar-refractivity contribution >= 4 is 5.91 Å². The lowest BCUT2D eigenvalue weighted by Crippen LogP contribution is -2.41. The Morgan fingerprint density at radius 2 is 1.83 bits per heavy atom. The van der Waals surface area contributed by atoms with Gasteiger partial charge in [0, 0.05) is 18.5 Å². The summed E-state index contributed by atoms with van der Waals surface area (Å²) in [6.45, 7) is 4.01. The van der Waals surface area contributed by atoms with E-state index >= 15 is 0 Å². The van der Waals surface area contributed by atoms with Crippen LogP contribution in [0.3, 0.4) is 0 Å².